The third-order valence-corrected chi connectivity index (χ3v) is 13.1. The summed E-state index contributed by atoms with van der Waals surface area (Å²) in [6.45, 7) is 16.0. The lowest BCUT2D eigenvalue weighted by atomic mass is 10.2. The second kappa shape index (κ2) is 28.4. The van der Waals surface area contributed by atoms with Crippen molar-refractivity contribution in [3.8, 4) is 0 Å². The van der Waals surface area contributed by atoms with Crippen molar-refractivity contribution in [2.75, 3.05) is 141 Å². The summed E-state index contributed by atoms with van der Waals surface area (Å²) in [6.07, 6.45) is -1.97. The fraction of sp³-hybridized carbons (Fsp3) is 0.632. The maximum Gasteiger partial charge on any atom is 0.414 e. The highest BCUT2D eigenvalue weighted by Gasteiger charge is 2.34. The van der Waals surface area contributed by atoms with E-state index in [1.165, 1.54) is 41.6 Å². The number of halogens is 6. The largest absolute Gasteiger partial charge is 1.00 e. The predicted octanol–water partition coefficient (Wildman–Crippen LogP) is 0.521. The van der Waals surface area contributed by atoms with Crippen LogP contribution in [-0.2, 0) is 38.0 Å². The number of hydrogen-bond acceptors (Lipinski definition) is 13. The number of nitrogens with one attached hydrogen (secondary N) is 1. The van der Waals surface area contributed by atoms with Crippen LogP contribution in [0.1, 0.15) is 20.8 Å². The summed E-state index contributed by atoms with van der Waals surface area (Å²) < 4.78 is 95.1. The average molecular weight is 1020 g/mol. The molecule has 6 rings (SSSR count). The topological polar surface area (TPSA) is 195 Å². The molecule has 2 aromatic rings. The van der Waals surface area contributed by atoms with Gasteiger partial charge in [0.1, 0.15) is 24.3 Å². The maximum absolute atomic E-state index is 14.5. The smallest absolute Gasteiger partial charge is 0.414 e. The van der Waals surface area contributed by atoms with Crippen molar-refractivity contribution in [2.45, 2.75) is 33.0 Å². The molecule has 0 unspecified atom stereocenters. The SMILES string of the molecule is CCN(CC)CC.O=C1O[C@@H](CNS(=O)(=O)CCCl)CN1c1ccc(N2CCOCC2)c(F)c1.O=S(=O)(Cl)CCCl.[Cl-].[NH3+]C[C@H]1CN(c2ccc(N3CCOCC3)c(F)c2)C(=O)O1. The van der Waals surface area contributed by atoms with Crippen LogP contribution in [0, 0.1) is 11.6 Å². The Morgan fingerprint density at radius 2 is 1.14 bits per heavy atom. The van der Waals surface area contributed by atoms with E-state index in [-0.39, 0.29) is 60.7 Å². The first-order valence-electron chi connectivity index (χ1n) is 20.2. The maximum atomic E-state index is 14.5. The number of morpholine rings is 2. The monoisotopic (exact) mass is 1020 g/mol. The lowest BCUT2D eigenvalue weighted by Gasteiger charge is -2.29. The number of benzene rings is 2. The molecule has 25 heteroatoms. The van der Waals surface area contributed by atoms with E-state index in [4.69, 9.17) is 52.8 Å². The van der Waals surface area contributed by atoms with Gasteiger partial charge in [-0.25, -0.2) is 39.9 Å². The standard InChI is InChI=1S/C16H21ClFN3O5S.C14H18FN3O3.C6H15N.C2H4Cl2O2S.ClH/c17-3-8-27(23,24)19-10-13-11-21(16(22)26-13)12-1-2-15(14(18)9-12)20-4-6-25-7-5-20;15-12-7-10(18-9-11(8-16)21-14(18)19)1-2-13(12)17-3-5-20-6-4-17;1-4-7(5-2)6-3;3-1-2-7(4,5)6;/h1-2,9,13,19H,3-8,10-11H2;1-2,7,11H,3-6,8-9,16H2;4-6H2,1-3H3;1-2H2;1H/t13-;11-;;;/m00.../s1. The lowest BCUT2D eigenvalue weighted by Crippen LogP contribution is -3.00. The van der Waals surface area contributed by atoms with Gasteiger partial charge in [-0.3, -0.25) is 9.80 Å². The molecule has 4 aliphatic heterocycles. The Morgan fingerprint density at radius 3 is 1.46 bits per heavy atom. The van der Waals surface area contributed by atoms with Crippen molar-refractivity contribution in [1.29, 1.82) is 0 Å². The lowest BCUT2D eigenvalue weighted by molar-refractivity contribution is -0.380. The highest BCUT2D eigenvalue weighted by Crippen LogP contribution is 2.30. The molecule has 4 saturated heterocycles. The fourth-order valence-electron chi connectivity index (χ4n) is 6.33. The third-order valence-electron chi connectivity index (χ3n) is 9.80. The summed E-state index contributed by atoms with van der Waals surface area (Å²) in [5.41, 5.74) is 5.61. The van der Waals surface area contributed by atoms with Crippen LogP contribution in [-0.4, -0.2) is 168 Å². The summed E-state index contributed by atoms with van der Waals surface area (Å²) >= 11 is 10.5. The van der Waals surface area contributed by atoms with Gasteiger partial charge in [-0.2, -0.15) is 0 Å². The second-order valence-electron chi connectivity index (χ2n) is 13.9. The number of amides is 2. The van der Waals surface area contributed by atoms with Crippen LogP contribution in [0.4, 0.5) is 41.1 Å². The number of sulfonamides is 1. The first kappa shape index (κ1) is 56.4. The van der Waals surface area contributed by atoms with Crippen molar-refractivity contribution in [3.63, 3.8) is 0 Å². The molecule has 63 heavy (non-hydrogen) atoms. The molecular formula is C38H59Cl4F2N7O10S2. The quantitative estimate of drug-likeness (QED) is 0.186. The van der Waals surface area contributed by atoms with E-state index in [1.807, 2.05) is 9.80 Å². The summed E-state index contributed by atoms with van der Waals surface area (Å²) in [5, 5.41) is 0. The van der Waals surface area contributed by atoms with E-state index in [2.05, 4.69) is 36.1 Å². The molecule has 0 bridgehead atoms. The van der Waals surface area contributed by atoms with Crippen LogP contribution >= 0.6 is 33.9 Å². The van der Waals surface area contributed by atoms with E-state index in [1.54, 1.807) is 24.3 Å². The molecule has 4 aliphatic rings. The number of ether oxygens (including phenoxy) is 4. The van der Waals surface area contributed by atoms with E-state index in [0.29, 0.717) is 88.4 Å². The fourth-order valence-corrected chi connectivity index (χ4v) is 8.99. The summed E-state index contributed by atoms with van der Waals surface area (Å²) in [6, 6.07) is 9.40. The zero-order valence-electron chi connectivity index (χ0n) is 35.7. The van der Waals surface area contributed by atoms with Crippen molar-refractivity contribution >= 4 is 87.9 Å². The molecule has 17 nitrogen and oxygen atoms in total. The molecule has 4 N–H and O–H groups in total. The predicted molar refractivity (Wildman–Crippen MR) is 238 cm³/mol. The Bertz CT molecular complexity index is 1930. The number of anilines is 4. The van der Waals surface area contributed by atoms with Gasteiger partial charge in [0.25, 0.3) is 0 Å². The molecule has 0 aliphatic carbocycles. The highest BCUT2D eigenvalue weighted by molar-refractivity contribution is 8.13. The van der Waals surface area contributed by atoms with Crippen LogP contribution in [0.2, 0.25) is 0 Å². The van der Waals surface area contributed by atoms with Gasteiger partial charge in [0, 0.05) is 55.2 Å². The van der Waals surface area contributed by atoms with Gasteiger partial charge < -0.3 is 51.8 Å². The first-order valence-corrected chi connectivity index (χ1v) is 25.4. The van der Waals surface area contributed by atoms with Gasteiger partial charge >= 0.3 is 12.2 Å². The second-order valence-corrected chi connectivity index (χ2v) is 19.5. The molecule has 4 heterocycles. The van der Waals surface area contributed by atoms with Crippen LogP contribution in [0.3, 0.4) is 0 Å². The van der Waals surface area contributed by atoms with Gasteiger partial charge in [0.2, 0.25) is 19.1 Å². The summed E-state index contributed by atoms with van der Waals surface area (Å²) in [5.74, 6) is -1.11. The van der Waals surface area contributed by atoms with E-state index in [0.717, 1.165) is 0 Å². The highest BCUT2D eigenvalue weighted by atomic mass is 35.7. The van der Waals surface area contributed by atoms with Gasteiger partial charge in [-0.1, -0.05) is 20.8 Å². The molecule has 360 valence electrons. The van der Waals surface area contributed by atoms with Gasteiger partial charge in [0.05, 0.1) is 73.8 Å². The van der Waals surface area contributed by atoms with Crippen molar-refractivity contribution in [2.24, 2.45) is 0 Å². The van der Waals surface area contributed by atoms with Crippen LogP contribution in [0.25, 0.3) is 0 Å². The van der Waals surface area contributed by atoms with Crippen LogP contribution < -0.4 is 42.5 Å². The number of carbonyl (C=O) groups is 2. The minimum atomic E-state index is -3.51. The summed E-state index contributed by atoms with van der Waals surface area (Å²) in [4.78, 5) is 32.8. The molecule has 0 spiro atoms. The molecule has 2 aromatic carbocycles. The molecule has 4 fully saturated rings. The van der Waals surface area contributed by atoms with E-state index >= 15 is 0 Å². The van der Waals surface area contributed by atoms with Gasteiger partial charge in [-0.05, 0) is 56.0 Å². The number of hydrogen-bond donors (Lipinski definition) is 2. The van der Waals surface area contributed by atoms with Crippen LogP contribution in [0.5, 0.6) is 0 Å². The van der Waals surface area contributed by atoms with Crippen molar-refractivity contribution in [3.05, 3.63) is 48.0 Å². The number of nitrogens with zero attached hydrogens (tertiary/aromatic N) is 5. The third kappa shape index (κ3) is 19.0. The van der Waals surface area contributed by atoms with E-state index < -0.39 is 43.2 Å². The van der Waals surface area contributed by atoms with Crippen molar-refractivity contribution < 1.29 is 72.3 Å². The Labute approximate surface area is 390 Å². The molecule has 0 radical (unpaired) electrons. The van der Waals surface area contributed by atoms with Crippen LogP contribution in [0.15, 0.2) is 36.4 Å². The zero-order valence-corrected chi connectivity index (χ0v) is 40.3. The Morgan fingerprint density at radius 1 is 0.730 bits per heavy atom. The molecule has 2 atom stereocenters. The number of alkyl halides is 2. The van der Waals surface area contributed by atoms with Gasteiger partial charge in [0.15, 0.2) is 6.10 Å². The molecule has 0 aromatic heterocycles. The Balaban J connectivity index is 0.000000334. The average Bonchev–Trinajstić information content (AvgIpc) is 3.82. The first-order chi connectivity index (χ1) is 29.5. The summed E-state index contributed by atoms with van der Waals surface area (Å²) in [7, 11) is -2.12. The van der Waals surface area contributed by atoms with E-state index in [9.17, 15) is 35.2 Å². The normalized spacial score (nSPS) is 18.9. The molecular weight excluding hydrogens is 958 g/mol. The number of carbonyl (C=O) groups excluding carboxylic acids is 2. The minimum absolute atomic E-state index is 0. The number of rotatable bonds is 15. The van der Waals surface area contributed by atoms with Gasteiger partial charge in [-0.15, -0.1) is 23.2 Å². The molecule has 2 amide bonds. The zero-order chi connectivity index (χ0) is 45.9. The number of quaternary nitrogens is 1. The Hall–Kier alpha value is -2.70. The van der Waals surface area contributed by atoms with Crippen molar-refractivity contribution in [1.82, 2.24) is 9.62 Å². The minimum Gasteiger partial charge on any atom is -1.00 e. The molecule has 0 saturated carbocycles. The Kier molecular flexibility index (Phi) is 25.4. The number of cyclic esters (lactones) is 2.